The zero-order valence-corrected chi connectivity index (χ0v) is 12.5. The number of aromatic nitrogens is 3. The summed E-state index contributed by atoms with van der Waals surface area (Å²) in [4.78, 5) is 18.6. The second-order valence-electron chi connectivity index (χ2n) is 5.58. The third-order valence-corrected chi connectivity index (χ3v) is 3.82. The number of aromatic amines is 1. The summed E-state index contributed by atoms with van der Waals surface area (Å²) in [5.74, 6) is 0.854. The Morgan fingerprint density at radius 1 is 1.29 bits per heavy atom. The average Bonchev–Trinajstić information content (AvgIpc) is 3.26. The van der Waals surface area contributed by atoms with Crippen LogP contribution in [-0.2, 0) is 13.0 Å². The minimum absolute atomic E-state index is 0.0820. The predicted molar refractivity (Wildman–Crippen MR) is 79.8 cm³/mol. The molecule has 1 aromatic heterocycles. The van der Waals surface area contributed by atoms with Crippen LogP contribution in [0.2, 0.25) is 0 Å². The Labute approximate surface area is 124 Å². The van der Waals surface area contributed by atoms with E-state index in [9.17, 15) is 4.79 Å². The fourth-order valence-corrected chi connectivity index (χ4v) is 2.40. The molecule has 1 amide bonds. The Bertz CT molecular complexity index is 628. The Hall–Kier alpha value is -2.17. The van der Waals surface area contributed by atoms with Crippen molar-refractivity contribution < 1.29 is 4.79 Å². The van der Waals surface area contributed by atoms with Crippen molar-refractivity contribution in [3.63, 3.8) is 0 Å². The summed E-state index contributed by atoms with van der Waals surface area (Å²) in [7, 11) is 0. The van der Waals surface area contributed by atoms with Gasteiger partial charge in [-0.2, -0.15) is 0 Å². The fourth-order valence-electron chi connectivity index (χ4n) is 2.40. The van der Waals surface area contributed by atoms with Gasteiger partial charge in [0.2, 0.25) is 5.82 Å². The number of amides is 1. The highest BCUT2D eigenvalue weighted by molar-refractivity contribution is 5.90. The van der Waals surface area contributed by atoms with E-state index in [0.717, 1.165) is 24.8 Å². The number of hydrogen-bond donors (Lipinski definition) is 1. The Morgan fingerprint density at radius 3 is 2.48 bits per heavy atom. The number of aryl methyl sites for hydroxylation is 2. The first-order valence-corrected chi connectivity index (χ1v) is 7.45. The normalized spacial score (nSPS) is 14.2. The average molecular weight is 284 g/mol. The number of carbonyl (C=O) groups is 1. The highest BCUT2D eigenvalue weighted by Gasteiger charge is 2.34. The zero-order chi connectivity index (χ0) is 14.8. The van der Waals surface area contributed by atoms with Crippen LogP contribution in [-0.4, -0.2) is 32.0 Å². The van der Waals surface area contributed by atoms with Gasteiger partial charge in [-0.1, -0.05) is 31.2 Å². The summed E-state index contributed by atoms with van der Waals surface area (Å²) in [6.07, 6.45) is 3.17. The number of benzene rings is 1. The van der Waals surface area contributed by atoms with E-state index in [1.54, 1.807) is 6.92 Å². The Kier molecular flexibility index (Phi) is 3.73. The first-order chi connectivity index (χ1) is 10.2. The van der Waals surface area contributed by atoms with Gasteiger partial charge in [0, 0.05) is 12.6 Å². The maximum atomic E-state index is 12.5. The van der Waals surface area contributed by atoms with E-state index in [-0.39, 0.29) is 11.7 Å². The molecule has 3 rings (SSSR count). The smallest absolute Gasteiger partial charge is 0.294 e. The van der Waals surface area contributed by atoms with Gasteiger partial charge >= 0.3 is 0 Å². The monoisotopic (exact) mass is 284 g/mol. The van der Waals surface area contributed by atoms with Crippen molar-refractivity contribution in [2.45, 2.75) is 45.7 Å². The molecule has 0 saturated heterocycles. The van der Waals surface area contributed by atoms with Crippen LogP contribution < -0.4 is 0 Å². The molecule has 1 heterocycles. The lowest BCUT2D eigenvalue weighted by molar-refractivity contribution is 0.0718. The van der Waals surface area contributed by atoms with Gasteiger partial charge in [0.25, 0.3) is 5.91 Å². The molecule has 0 aliphatic heterocycles. The number of H-pyrrole nitrogens is 1. The second-order valence-corrected chi connectivity index (χ2v) is 5.58. The second kappa shape index (κ2) is 5.68. The van der Waals surface area contributed by atoms with E-state index in [1.165, 1.54) is 5.56 Å². The van der Waals surface area contributed by atoms with Crippen LogP contribution in [0.15, 0.2) is 24.3 Å². The molecule has 2 aromatic rings. The largest absolute Gasteiger partial charge is 0.329 e. The summed E-state index contributed by atoms with van der Waals surface area (Å²) in [6.45, 7) is 4.57. The van der Waals surface area contributed by atoms with Crippen LogP contribution in [0.25, 0.3) is 0 Å². The van der Waals surface area contributed by atoms with Gasteiger partial charge in [-0.25, -0.2) is 4.98 Å². The zero-order valence-electron chi connectivity index (χ0n) is 12.5. The molecule has 1 fully saturated rings. The van der Waals surface area contributed by atoms with Gasteiger partial charge in [0.05, 0.1) is 0 Å². The predicted octanol–water partition coefficient (Wildman–Crippen LogP) is 2.48. The van der Waals surface area contributed by atoms with E-state index in [0.29, 0.717) is 18.4 Å². The van der Waals surface area contributed by atoms with Crippen molar-refractivity contribution in [2.75, 3.05) is 0 Å². The Morgan fingerprint density at radius 2 is 1.95 bits per heavy atom. The van der Waals surface area contributed by atoms with Crippen LogP contribution in [0.5, 0.6) is 0 Å². The summed E-state index contributed by atoms with van der Waals surface area (Å²) in [5.41, 5.74) is 2.47. The van der Waals surface area contributed by atoms with E-state index in [4.69, 9.17) is 0 Å². The number of nitrogens with zero attached hydrogens (tertiary/aromatic N) is 3. The van der Waals surface area contributed by atoms with Crippen LogP contribution >= 0.6 is 0 Å². The molecule has 0 radical (unpaired) electrons. The standard InChI is InChI=1S/C16H20N4O/c1-3-12-4-6-13(7-5-12)10-20(14-8-9-14)16(21)15-17-11(2)18-19-15/h4-7,14H,3,8-10H2,1-2H3,(H,17,18,19). The molecule has 1 aliphatic carbocycles. The van der Waals surface area contributed by atoms with Crippen molar-refractivity contribution in [1.29, 1.82) is 0 Å². The molecule has 0 bridgehead atoms. The van der Waals surface area contributed by atoms with Crippen molar-refractivity contribution >= 4 is 5.91 Å². The minimum Gasteiger partial charge on any atom is -0.329 e. The van der Waals surface area contributed by atoms with Crippen LogP contribution in [0.4, 0.5) is 0 Å². The van der Waals surface area contributed by atoms with Crippen molar-refractivity contribution in [3.8, 4) is 0 Å². The van der Waals surface area contributed by atoms with Crippen LogP contribution in [0, 0.1) is 6.92 Å². The van der Waals surface area contributed by atoms with E-state index in [1.807, 2.05) is 4.90 Å². The minimum atomic E-state index is -0.0820. The van der Waals surface area contributed by atoms with Gasteiger partial charge < -0.3 is 4.90 Å². The van der Waals surface area contributed by atoms with Gasteiger partial charge in [0.1, 0.15) is 5.82 Å². The molecule has 0 spiro atoms. The van der Waals surface area contributed by atoms with Crippen LogP contribution in [0.1, 0.15) is 47.3 Å². The van der Waals surface area contributed by atoms with E-state index in [2.05, 4.69) is 46.4 Å². The number of hydrogen-bond acceptors (Lipinski definition) is 3. The molecule has 110 valence electrons. The van der Waals surface area contributed by atoms with E-state index >= 15 is 0 Å². The molecule has 1 aliphatic rings. The molecule has 0 unspecified atom stereocenters. The number of carbonyl (C=O) groups excluding carboxylic acids is 1. The maximum absolute atomic E-state index is 12.5. The lowest BCUT2D eigenvalue weighted by atomic mass is 10.1. The molecule has 21 heavy (non-hydrogen) atoms. The first kappa shape index (κ1) is 13.8. The van der Waals surface area contributed by atoms with Crippen molar-refractivity contribution in [2.24, 2.45) is 0 Å². The third kappa shape index (κ3) is 3.12. The summed E-state index contributed by atoms with van der Waals surface area (Å²) < 4.78 is 0. The maximum Gasteiger partial charge on any atom is 0.294 e. The van der Waals surface area contributed by atoms with Crippen molar-refractivity contribution in [1.82, 2.24) is 20.1 Å². The molecule has 5 nitrogen and oxygen atoms in total. The SMILES string of the molecule is CCc1ccc(CN(C(=O)c2n[nH]c(C)n2)C2CC2)cc1. The Balaban J connectivity index is 1.76. The number of rotatable bonds is 5. The first-order valence-electron chi connectivity index (χ1n) is 7.45. The fraction of sp³-hybridized carbons (Fsp3) is 0.438. The number of nitrogens with one attached hydrogen (secondary N) is 1. The molecule has 1 aromatic carbocycles. The van der Waals surface area contributed by atoms with Gasteiger partial charge in [-0.3, -0.25) is 9.89 Å². The molecule has 1 saturated carbocycles. The highest BCUT2D eigenvalue weighted by atomic mass is 16.2. The van der Waals surface area contributed by atoms with Gasteiger partial charge in [-0.15, -0.1) is 5.10 Å². The summed E-state index contributed by atoms with van der Waals surface area (Å²) >= 11 is 0. The molecule has 5 heteroatoms. The molecule has 0 atom stereocenters. The summed E-state index contributed by atoms with van der Waals surface area (Å²) in [6, 6.07) is 8.79. The lowest BCUT2D eigenvalue weighted by Crippen LogP contribution is -2.33. The topological polar surface area (TPSA) is 61.9 Å². The molecular formula is C16H20N4O. The molecular weight excluding hydrogens is 264 g/mol. The highest BCUT2D eigenvalue weighted by Crippen LogP contribution is 2.29. The van der Waals surface area contributed by atoms with Crippen LogP contribution in [0.3, 0.4) is 0 Å². The van der Waals surface area contributed by atoms with Crippen molar-refractivity contribution in [3.05, 3.63) is 47.0 Å². The quantitative estimate of drug-likeness (QED) is 0.917. The summed E-state index contributed by atoms with van der Waals surface area (Å²) in [5, 5.41) is 6.72. The van der Waals surface area contributed by atoms with Gasteiger partial charge in [0.15, 0.2) is 0 Å². The third-order valence-electron chi connectivity index (χ3n) is 3.82. The van der Waals surface area contributed by atoms with Gasteiger partial charge in [-0.05, 0) is 37.3 Å². The van der Waals surface area contributed by atoms with E-state index < -0.39 is 0 Å². The lowest BCUT2D eigenvalue weighted by Gasteiger charge is -2.21. The molecule has 1 N–H and O–H groups in total.